The highest BCUT2D eigenvalue weighted by atomic mass is 19.1. The molecule has 0 spiro atoms. The molecule has 1 saturated heterocycles. The number of anilines is 3. The quantitative estimate of drug-likeness (QED) is 0.802. The monoisotopic (exact) mass is 406 g/mol. The number of rotatable bonds is 5. The third-order valence-corrected chi connectivity index (χ3v) is 4.62. The van der Waals surface area contributed by atoms with Gasteiger partial charge in [0.1, 0.15) is 17.5 Å². The van der Waals surface area contributed by atoms with Gasteiger partial charge in [-0.1, -0.05) is 0 Å². The van der Waals surface area contributed by atoms with Crippen LogP contribution in [0.5, 0.6) is 0 Å². The predicted octanol–water partition coefficient (Wildman–Crippen LogP) is 2.82. The number of hydrogen-bond donors (Lipinski definition) is 2. The van der Waals surface area contributed by atoms with E-state index in [1.54, 1.807) is 17.0 Å². The van der Waals surface area contributed by atoms with Crippen LogP contribution in [-0.2, 0) is 9.59 Å². The summed E-state index contributed by atoms with van der Waals surface area (Å²) in [7, 11) is 0. The summed E-state index contributed by atoms with van der Waals surface area (Å²) < 4.78 is 40.7. The lowest BCUT2D eigenvalue weighted by Crippen LogP contribution is -2.50. The average Bonchev–Trinajstić information content (AvgIpc) is 2.69. The van der Waals surface area contributed by atoms with E-state index in [0.717, 1.165) is 11.8 Å². The predicted molar refractivity (Wildman–Crippen MR) is 104 cm³/mol. The lowest BCUT2D eigenvalue weighted by Gasteiger charge is -2.36. The van der Waals surface area contributed by atoms with E-state index in [1.165, 1.54) is 19.1 Å². The second-order valence-electron chi connectivity index (χ2n) is 6.69. The zero-order chi connectivity index (χ0) is 21.0. The van der Waals surface area contributed by atoms with Gasteiger partial charge < -0.3 is 20.4 Å². The van der Waals surface area contributed by atoms with E-state index in [9.17, 15) is 22.8 Å². The van der Waals surface area contributed by atoms with Gasteiger partial charge in [0, 0.05) is 44.9 Å². The minimum atomic E-state index is -0.897. The molecule has 2 aromatic rings. The Labute approximate surface area is 166 Å². The lowest BCUT2D eigenvalue weighted by atomic mass is 10.2. The summed E-state index contributed by atoms with van der Waals surface area (Å²) in [5, 5.41) is 4.93. The first-order valence-electron chi connectivity index (χ1n) is 9.12. The van der Waals surface area contributed by atoms with Gasteiger partial charge in [-0.05, 0) is 30.3 Å². The summed E-state index contributed by atoms with van der Waals surface area (Å²) in [4.78, 5) is 27.2. The number of amides is 2. The van der Waals surface area contributed by atoms with Gasteiger partial charge in [0.15, 0.2) is 0 Å². The molecule has 3 rings (SSSR count). The number of nitrogens with zero attached hydrogens (tertiary/aromatic N) is 2. The zero-order valence-corrected chi connectivity index (χ0v) is 15.8. The Morgan fingerprint density at radius 2 is 1.55 bits per heavy atom. The molecule has 0 bridgehead atoms. The molecule has 0 saturated carbocycles. The normalized spacial score (nSPS) is 13.9. The highest BCUT2D eigenvalue weighted by molar-refractivity contribution is 5.89. The van der Waals surface area contributed by atoms with E-state index < -0.39 is 17.5 Å². The standard InChI is InChI=1S/C20H21F3N4O2/c1-13(28)25-19-11-18(16(22)10-17(19)23)24-12-20(29)27-8-6-26(7-9-27)15-4-2-14(21)3-5-15/h2-5,10-11,24H,6-9,12H2,1H3,(H,25,28). The van der Waals surface area contributed by atoms with Crippen molar-refractivity contribution in [3.63, 3.8) is 0 Å². The van der Waals surface area contributed by atoms with Crippen molar-refractivity contribution >= 4 is 28.9 Å². The fourth-order valence-corrected chi connectivity index (χ4v) is 3.12. The van der Waals surface area contributed by atoms with E-state index in [-0.39, 0.29) is 29.6 Å². The molecule has 0 radical (unpaired) electrons. The van der Waals surface area contributed by atoms with Crippen LogP contribution in [0.4, 0.5) is 30.2 Å². The highest BCUT2D eigenvalue weighted by Crippen LogP contribution is 2.23. The van der Waals surface area contributed by atoms with Gasteiger partial charge >= 0.3 is 0 Å². The molecule has 6 nitrogen and oxygen atoms in total. The highest BCUT2D eigenvalue weighted by Gasteiger charge is 2.21. The number of carbonyl (C=O) groups excluding carboxylic acids is 2. The first kappa shape index (κ1) is 20.5. The Morgan fingerprint density at radius 1 is 0.931 bits per heavy atom. The molecule has 0 unspecified atom stereocenters. The van der Waals surface area contributed by atoms with Gasteiger partial charge in [-0.25, -0.2) is 13.2 Å². The van der Waals surface area contributed by atoms with Crippen LogP contribution in [0, 0.1) is 17.5 Å². The second-order valence-corrected chi connectivity index (χ2v) is 6.69. The molecule has 0 atom stereocenters. The number of nitrogens with one attached hydrogen (secondary N) is 2. The number of hydrogen-bond acceptors (Lipinski definition) is 4. The molecule has 1 aliphatic rings. The summed E-state index contributed by atoms with van der Waals surface area (Å²) in [6, 6.07) is 7.94. The third kappa shape index (κ3) is 5.18. The van der Waals surface area contributed by atoms with Crippen LogP contribution in [-0.4, -0.2) is 49.4 Å². The van der Waals surface area contributed by atoms with Crippen molar-refractivity contribution in [3.05, 3.63) is 53.8 Å². The van der Waals surface area contributed by atoms with Gasteiger partial charge in [0.05, 0.1) is 17.9 Å². The molecular weight excluding hydrogens is 385 g/mol. The molecule has 29 heavy (non-hydrogen) atoms. The molecule has 1 fully saturated rings. The van der Waals surface area contributed by atoms with E-state index in [1.807, 2.05) is 0 Å². The maximum atomic E-state index is 14.0. The molecule has 0 aliphatic carbocycles. The fourth-order valence-electron chi connectivity index (χ4n) is 3.12. The number of halogens is 3. The van der Waals surface area contributed by atoms with Gasteiger partial charge in [-0.3, -0.25) is 9.59 Å². The van der Waals surface area contributed by atoms with Crippen LogP contribution in [0.3, 0.4) is 0 Å². The van der Waals surface area contributed by atoms with Crippen LogP contribution >= 0.6 is 0 Å². The number of carbonyl (C=O) groups is 2. The van der Waals surface area contributed by atoms with Crippen molar-refractivity contribution in [3.8, 4) is 0 Å². The first-order valence-corrected chi connectivity index (χ1v) is 9.12. The SMILES string of the molecule is CC(=O)Nc1cc(NCC(=O)N2CCN(c3ccc(F)cc3)CC2)c(F)cc1F. The summed E-state index contributed by atoms with van der Waals surface area (Å²) in [6.07, 6.45) is 0. The smallest absolute Gasteiger partial charge is 0.241 e. The number of piperazine rings is 1. The molecule has 1 aliphatic heterocycles. The molecule has 1 heterocycles. The summed E-state index contributed by atoms with van der Waals surface area (Å²) >= 11 is 0. The van der Waals surface area contributed by atoms with Gasteiger partial charge in [0.25, 0.3) is 0 Å². The molecule has 2 aromatic carbocycles. The first-order chi connectivity index (χ1) is 13.8. The van der Waals surface area contributed by atoms with Crippen LogP contribution in [0.2, 0.25) is 0 Å². The Balaban J connectivity index is 1.55. The summed E-state index contributed by atoms with van der Waals surface area (Å²) in [5.74, 6) is -2.77. The fraction of sp³-hybridized carbons (Fsp3) is 0.300. The molecule has 2 amide bonds. The van der Waals surface area contributed by atoms with Crippen LogP contribution in [0.25, 0.3) is 0 Å². The van der Waals surface area contributed by atoms with Crippen LogP contribution in [0.1, 0.15) is 6.92 Å². The Morgan fingerprint density at radius 3 is 2.17 bits per heavy atom. The van der Waals surface area contributed by atoms with E-state index in [2.05, 4.69) is 15.5 Å². The van der Waals surface area contributed by atoms with Crippen molar-refractivity contribution in [2.45, 2.75) is 6.92 Å². The lowest BCUT2D eigenvalue weighted by molar-refractivity contribution is -0.129. The van der Waals surface area contributed by atoms with E-state index >= 15 is 0 Å². The molecule has 2 N–H and O–H groups in total. The Bertz CT molecular complexity index is 897. The van der Waals surface area contributed by atoms with Crippen molar-refractivity contribution < 1.29 is 22.8 Å². The molecule has 154 valence electrons. The third-order valence-electron chi connectivity index (χ3n) is 4.62. The van der Waals surface area contributed by atoms with Gasteiger partial charge in [-0.15, -0.1) is 0 Å². The minimum Gasteiger partial charge on any atom is -0.374 e. The average molecular weight is 406 g/mol. The maximum absolute atomic E-state index is 14.0. The molecular formula is C20H21F3N4O2. The van der Waals surface area contributed by atoms with Crippen molar-refractivity contribution in [2.75, 3.05) is 48.3 Å². The molecule has 0 aromatic heterocycles. The van der Waals surface area contributed by atoms with Crippen molar-refractivity contribution in [2.24, 2.45) is 0 Å². The second kappa shape index (κ2) is 8.85. The largest absolute Gasteiger partial charge is 0.374 e. The Kier molecular flexibility index (Phi) is 6.26. The summed E-state index contributed by atoms with van der Waals surface area (Å²) in [6.45, 7) is 3.18. The topological polar surface area (TPSA) is 64.7 Å². The maximum Gasteiger partial charge on any atom is 0.241 e. The van der Waals surface area contributed by atoms with Crippen LogP contribution < -0.4 is 15.5 Å². The summed E-state index contributed by atoms with van der Waals surface area (Å²) in [5.41, 5.74) is 0.644. The van der Waals surface area contributed by atoms with Crippen molar-refractivity contribution in [1.29, 1.82) is 0 Å². The zero-order valence-electron chi connectivity index (χ0n) is 15.8. The van der Waals surface area contributed by atoms with E-state index in [4.69, 9.17) is 0 Å². The minimum absolute atomic E-state index is 0.0755. The Hall–Kier alpha value is -3.23. The van der Waals surface area contributed by atoms with Crippen molar-refractivity contribution in [1.82, 2.24) is 4.90 Å². The number of benzene rings is 2. The van der Waals surface area contributed by atoms with Gasteiger partial charge in [-0.2, -0.15) is 0 Å². The van der Waals surface area contributed by atoms with Gasteiger partial charge in [0.2, 0.25) is 11.8 Å². The van der Waals surface area contributed by atoms with E-state index in [0.29, 0.717) is 32.2 Å². The van der Waals surface area contributed by atoms with Crippen LogP contribution in [0.15, 0.2) is 36.4 Å². The molecule has 9 heteroatoms.